The van der Waals surface area contributed by atoms with Crippen LogP contribution < -0.4 is 5.32 Å². The Morgan fingerprint density at radius 3 is 2.56 bits per heavy atom. The number of amides is 1. The monoisotopic (exact) mass is 336 g/mol. The molecule has 4 rings (SSSR count). The van der Waals surface area contributed by atoms with Gasteiger partial charge in [0.2, 0.25) is 5.91 Å². The van der Waals surface area contributed by atoms with Gasteiger partial charge in [-0.15, -0.1) is 0 Å². The minimum absolute atomic E-state index is 0.000340. The second-order valence-electron chi connectivity index (χ2n) is 6.77. The molecular formula is C21H21FN2O. The highest BCUT2D eigenvalue weighted by Gasteiger charge is 2.45. The number of hydrogen-bond acceptors (Lipinski definition) is 1. The average molecular weight is 336 g/mol. The van der Waals surface area contributed by atoms with Crippen LogP contribution in [0, 0.1) is 5.82 Å². The van der Waals surface area contributed by atoms with Crippen LogP contribution in [0.5, 0.6) is 0 Å². The van der Waals surface area contributed by atoms with Crippen molar-refractivity contribution in [2.75, 3.05) is 5.32 Å². The minimum atomic E-state index is -0.530. The maximum atomic E-state index is 13.2. The first-order valence-electron chi connectivity index (χ1n) is 8.79. The summed E-state index contributed by atoms with van der Waals surface area (Å²) in [5, 5.41) is 4.19. The van der Waals surface area contributed by atoms with Gasteiger partial charge in [0, 0.05) is 29.3 Å². The summed E-state index contributed by atoms with van der Waals surface area (Å²) in [6.07, 6.45) is 4.68. The third-order valence-electron chi connectivity index (χ3n) is 5.41. The van der Waals surface area contributed by atoms with E-state index in [2.05, 4.69) is 29.1 Å². The van der Waals surface area contributed by atoms with E-state index in [-0.39, 0.29) is 11.7 Å². The van der Waals surface area contributed by atoms with Crippen LogP contribution in [0.15, 0.2) is 54.7 Å². The van der Waals surface area contributed by atoms with Gasteiger partial charge in [-0.2, -0.15) is 0 Å². The number of carbonyl (C=O) groups is 1. The average Bonchev–Trinajstić information content (AvgIpc) is 2.98. The first-order chi connectivity index (χ1) is 12.1. The molecule has 0 bridgehead atoms. The van der Waals surface area contributed by atoms with Crippen molar-refractivity contribution in [1.29, 1.82) is 0 Å². The highest BCUT2D eigenvalue weighted by Crippen LogP contribution is 2.44. The predicted molar refractivity (Wildman–Crippen MR) is 98.2 cm³/mol. The molecule has 0 spiro atoms. The summed E-state index contributed by atoms with van der Waals surface area (Å²) in [6, 6.07) is 14.4. The zero-order chi connectivity index (χ0) is 17.4. The smallest absolute Gasteiger partial charge is 0.235 e. The molecule has 0 aliphatic heterocycles. The lowest BCUT2D eigenvalue weighted by Gasteiger charge is -2.40. The minimum Gasteiger partial charge on any atom is -0.348 e. The third-order valence-corrected chi connectivity index (χ3v) is 5.41. The molecule has 0 atom stereocenters. The van der Waals surface area contributed by atoms with Crippen molar-refractivity contribution in [2.45, 2.75) is 38.1 Å². The predicted octanol–water partition coefficient (Wildman–Crippen LogP) is 4.86. The lowest BCUT2D eigenvalue weighted by molar-refractivity contribution is -0.124. The standard InChI is InChI=1S/C21H21FN2O/c1-2-24-13-10-15-14-18(8-9-19(15)24)23-20(25)21(11-3-12-21)16-4-6-17(22)7-5-16/h4-10,13-14H,2-3,11-12H2,1H3,(H,23,25). The summed E-state index contributed by atoms with van der Waals surface area (Å²) < 4.78 is 15.4. The van der Waals surface area contributed by atoms with Gasteiger partial charge in [-0.05, 0) is 61.7 Å². The van der Waals surface area contributed by atoms with Gasteiger partial charge < -0.3 is 9.88 Å². The molecule has 3 nitrogen and oxygen atoms in total. The lowest BCUT2D eigenvalue weighted by Crippen LogP contribution is -2.46. The van der Waals surface area contributed by atoms with Gasteiger partial charge in [0.15, 0.2) is 0 Å². The lowest BCUT2D eigenvalue weighted by atomic mass is 9.64. The molecule has 4 heteroatoms. The second kappa shape index (κ2) is 6.03. The normalized spacial score (nSPS) is 15.8. The van der Waals surface area contributed by atoms with Crippen LogP contribution in [-0.2, 0) is 16.8 Å². The van der Waals surface area contributed by atoms with Crippen LogP contribution in [0.1, 0.15) is 31.7 Å². The van der Waals surface area contributed by atoms with E-state index in [1.165, 1.54) is 12.1 Å². The molecule has 128 valence electrons. The van der Waals surface area contributed by atoms with Crippen molar-refractivity contribution in [3.05, 3.63) is 66.1 Å². The Morgan fingerprint density at radius 1 is 1.16 bits per heavy atom. The first kappa shape index (κ1) is 15.9. The van der Waals surface area contributed by atoms with Crippen LogP contribution in [0.3, 0.4) is 0 Å². The molecule has 2 aromatic carbocycles. The first-order valence-corrected chi connectivity index (χ1v) is 8.79. The number of nitrogens with one attached hydrogen (secondary N) is 1. The van der Waals surface area contributed by atoms with Crippen molar-refractivity contribution in [1.82, 2.24) is 4.57 Å². The van der Waals surface area contributed by atoms with Gasteiger partial charge in [-0.1, -0.05) is 18.6 Å². The molecule has 0 saturated heterocycles. The number of benzene rings is 2. The largest absolute Gasteiger partial charge is 0.348 e. The molecule has 1 aliphatic carbocycles. The van der Waals surface area contributed by atoms with Crippen LogP contribution in [0.4, 0.5) is 10.1 Å². The Hall–Kier alpha value is -2.62. The highest BCUT2D eigenvalue weighted by atomic mass is 19.1. The molecule has 1 aromatic heterocycles. The zero-order valence-electron chi connectivity index (χ0n) is 14.3. The van der Waals surface area contributed by atoms with Crippen LogP contribution in [0.25, 0.3) is 10.9 Å². The molecule has 0 radical (unpaired) electrons. The number of halogens is 1. The fourth-order valence-electron chi connectivity index (χ4n) is 3.75. The van der Waals surface area contributed by atoms with E-state index in [1.54, 1.807) is 12.1 Å². The van der Waals surface area contributed by atoms with E-state index in [9.17, 15) is 9.18 Å². The fraction of sp³-hybridized carbons (Fsp3) is 0.286. The van der Waals surface area contributed by atoms with Gasteiger partial charge in [0.1, 0.15) is 5.82 Å². The second-order valence-corrected chi connectivity index (χ2v) is 6.77. The molecule has 1 saturated carbocycles. The van der Waals surface area contributed by atoms with Crippen molar-refractivity contribution >= 4 is 22.5 Å². The zero-order valence-corrected chi connectivity index (χ0v) is 14.3. The van der Waals surface area contributed by atoms with Gasteiger partial charge in [0.05, 0.1) is 5.41 Å². The highest BCUT2D eigenvalue weighted by molar-refractivity contribution is 6.01. The molecule has 1 amide bonds. The topological polar surface area (TPSA) is 34.0 Å². The number of rotatable bonds is 4. The maximum absolute atomic E-state index is 13.2. The number of fused-ring (bicyclic) bond motifs is 1. The Morgan fingerprint density at radius 2 is 1.92 bits per heavy atom. The SMILES string of the molecule is CCn1ccc2cc(NC(=O)C3(c4ccc(F)cc4)CCC3)ccc21. The van der Waals surface area contributed by atoms with E-state index in [1.807, 2.05) is 18.2 Å². The summed E-state index contributed by atoms with van der Waals surface area (Å²) in [6.45, 7) is 3.03. The van der Waals surface area contributed by atoms with Crippen molar-refractivity contribution in [3.63, 3.8) is 0 Å². The number of aryl methyl sites for hydroxylation is 1. The van der Waals surface area contributed by atoms with Crippen molar-refractivity contribution in [2.24, 2.45) is 0 Å². The molecule has 1 N–H and O–H groups in total. The van der Waals surface area contributed by atoms with Gasteiger partial charge in [-0.25, -0.2) is 4.39 Å². The van der Waals surface area contributed by atoms with E-state index >= 15 is 0 Å². The van der Waals surface area contributed by atoms with Gasteiger partial charge in [-0.3, -0.25) is 4.79 Å². The van der Waals surface area contributed by atoms with E-state index in [4.69, 9.17) is 0 Å². The summed E-state index contributed by atoms with van der Waals surface area (Å²) in [5.74, 6) is -0.274. The van der Waals surface area contributed by atoms with Crippen LogP contribution >= 0.6 is 0 Å². The molecule has 1 heterocycles. The van der Waals surface area contributed by atoms with Crippen LogP contribution in [0.2, 0.25) is 0 Å². The Balaban J connectivity index is 1.61. The molecule has 25 heavy (non-hydrogen) atoms. The van der Waals surface area contributed by atoms with E-state index in [0.717, 1.165) is 48.0 Å². The molecular weight excluding hydrogens is 315 g/mol. The summed E-state index contributed by atoms with van der Waals surface area (Å²) >= 11 is 0. The van der Waals surface area contributed by atoms with E-state index < -0.39 is 5.41 Å². The number of hydrogen-bond donors (Lipinski definition) is 1. The van der Waals surface area contributed by atoms with Crippen molar-refractivity contribution < 1.29 is 9.18 Å². The van der Waals surface area contributed by atoms with Crippen LogP contribution in [-0.4, -0.2) is 10.5 Å². The third kappa shape index (κ3) is 2.62. The summed E-state index contributed by atoms with van der Waals surface area (Å²) in [7, 11) is 0. The van der Waals surface area contributed by atoms with Gasteiger partial charge in [0.25, 0.3) is 0 Å². The quantitative estimate of drug-likeness (QED) is 0.725. The molecule has 1 aliphatic rings. The summed E-state index contributed by atoms with van der Waals surface area (Å²) in [5.41, 5.74) is 2.34. The molecule has 0 unspecified atom stereocenters. The molecule has 1 fully saturated rings. The Labute approximate surface area is 146 Å². The van der Waals surface area contributed by atoms with Gasteiger partial charge >= 0.3 is 0 Å². The summed E-state index contributed by atoms with van der Waals surface area (Å²) in [4.78, 5) is 13.0. The fourth-order valence-corrected chi connectivity index (χ4v) is 3.75. The maximum Gasteiger partial charge on any atom is 0.235 e. The molecule has 3 aromatic rings. The van der Waals surface area contributed by atoms with E-state index in [0.29, 0.717) is 0 Å². The number of aromatic nitrogens is 1. The van der Waals surface area contributed by atoms with Crippen molar-refractivity contribution in [3.8, 4) is 0 Å². The number of anilines is 1. The number of nitrogens with zero attached hydrogens (tertiary/aromatic N) is 1. The Kier molecular flexibility index (Phi) is 3.83. The Bertz CT molecular complexity index is 923. The number of carbonyl (C=O) groups excluding carboxylic acids is 1.